The Bertz CT molecular complexity index is 962. The van der Waals surface area contributed by atoms with Gasteiger partial charge in [-0.25, -0.2) is 0 Å². The number of hydrogen-bond donors (Lipinski definition) is 1. The van der Waals surface area contributed by atoms with Crippen molar-refractivity contribution >= 4 is 11.8 Å². The molecule has 0 aromatic heterocycles. The van der Waals surface area contributed by atoms with Gasteiger partial charge in [0.1, 0.15) is 0 Å². The maximum absolute atomic E-state index is 12.5. The van der Waals surface area contributed by atoms with Gasteiger partial charge in [-0.2, -0.15) is 5.26 Å². The maximum atomic E-state index is 12.5. The monoisotopic (exact) mass is 389 g/mol. The van der Waals surface area contributed by atoms with E-state index in [9.17, 15) is 14.7 Å². The summed E-state index contributed by atoms with van der Waals surface area (Å²) in [5.41, 5.74) is 3.75. The van der Waals surface area contributed by atoms with Crippen LogP contribution in [0, 0.1) is 11.3 Å². The quantitative estimate of drug-likeness (QED) is 0.868. The van der Waals surface area contributed by atoms with Crippen LogP contribution in [0.25, 0.3) is 11.1 Å². The van der Waals surface area contributed by atoms with Crippen molar-refractivity contribution in [1.29, 1.82) is 5.26 Å². The van der Waals surface area contributed by atoms with Crippen LogP contribution in [0.4, 0.5) is 0 Å². The molecular weight excluding hydrogens is 366 g/mol. The van der Waals surface area contributed by atoms with Gasteiger partial charge in [0.05, 0.1) is 36.9 Å². The molecule has 2 aliphatic rings. The topological polar surface area (TPSA) is 84.6 Å². The van der Waals surface area contributed by atoms with E-state index in [0.717, 1.165) is 16.7 Å². The van der Waals surface area contributed by atoms with E-state index in [-0.39, 0.29) is 43.0 Å². The summed E-state index contributed by atoms with van der Waals surface area (Å²) in [5, 5.41) is 18.8. The molecular formula is C23H23N3O3. The molecule has 2 aromatic carbocycles. The van der Waals surface area contributed by atoms with E-state index in [4.69, 9.17) is 5.26 Å². The van der Waals surface area contributed by atoms with E-state index < -0.39 is 0 Å². The minimum atomic E-state index is -0.243. The Labute approximate surface area is 170 Å². The van der Waals surface area contributed by atoms with Gasteiger partial charge in [-0.05, 0) is 28.8 Å². The van der Waals surface area contributed by atoms with E-state index in [2.05, 4.69) is 6.07 Å². The highest BCUT2D eigenvalue weighted by molar-refractivity contribution is 5.87. The van der Waals surface area contributed by atoms with Crippen LogP contribution in [0.1, 0.15) is 30.4 Å². The minimum absolute atomic E-state index is 0.00595. The van der Waals surface area contributed by atoms with Crippen LogP contribution in [0.15, 0.2) is 48.5 Å². The first-order chi connectivity index (χ1) is 14.1. The van der Waals surface area contributed by atoms with E-state index in [1.807, 2.05) is 36.4 Å². The van der Waals surface area contributed by atoms with Gasteiger partial charge in [-0.15, -0.1) is 0 Å². The fraction of sp³-hybridized carbons (Fsp3) is 0.348. The third-order valence-corrected chi connectivity index (χ3v) is 6.05. The van der Waals surface area contributed by atoms with Gasteiger partial charge in [0.2, 0.25) is 11.8 Å². The van der Waals surface area contributed by atoms with Crippen molar-refractivity contribution in [2.75, 3.05) is 19.7 Å². The average Bonchev–Trinajstić information content (AvgIpc) is 2.75. The second kappa shape index (κ2) is 7.69. The van der Waals surface area contributed by atoms with Crippen LogP contribution in [-0.4, -0.2) is 58.5 Å². The summed E-state index contributed by atoms with van der Waals surface area (Å²) >= 11 is 0. The molecule has 29 heavy (non-hydrogen) atoms. The molecule has 0 saturated carbocycles. The molecule has 6 heteroatoms. The number of amides is 2. The van der Waals surface area contributed by atoms with E-state index in [1.165, 1.54) is 0 Å². The lowest BCUT2D eigenvalue weighted by Crippen LogP contribution is -2.73. The molecule has 2 aromatic rings. The Kier molecular flexibility index (Phi) is 5.08. The van der Waals surface area contributed by atoms with E-state index >= 15 is 0 Å². The summed E-state index contributed by atoms with van der Waals surface area (Å²) in [6, 6.07) is 17.3. The predicted molar refractivity (Wildman–Crippen MR) is 108 cm³/mol. The normalized spacial score (nSPS) is 23.2. The first-order valence-corrected chi connectivity index (χ1v) is 9.87. The lowest BCUT2D eigenvalue weighted by molar-refractivity contribution is -0.166. The lowest BCUT2D eigenvalue weighted by atomic mass is 9.73. The molecule has 0 aliphatic carbocycles. The van der Waals surface area contributed by atoms with Gasteiger partial charge in [-0.1, -0.05) is 43.3 Å². The zero-order chi connectivity index (χ0) is 20.5. The molecule has 2 saturated heterocycles. The summed E-state index contributed by atoms with van der Waals surface area (Å²) in [5.74, 6) is -0.0978. The van der Waals surface area contributed by atoms with E-state index in [0.29, 0.717) is 18.5 Å². The third kappa shape index (κ3) is 3.28. The van der Waals surface area contributed by atoms with Crippen LogP contribution < -0.4 is 0 Å². The number of aliphatic hydroxyl groups is 1. The van der Waals surface area contributed by atoms with Gasteiger partial charge in [0.25, 0.3) is 0 Å². The van der Waals surface area contributed by atoms with Crippen LogP contribution in [0.2, 0.25) is 0 Å². The Morgan fingerprint density at radius 3 is 2.31 bits per heavy atom. The second-order valence-corrected chi connectivity index (χ2v) is 7.58. The van der Waals surface area contributed by atoms with Gasteiger partial charge in [-0.3, -0.25) is 9.59 Å². The first-order valence-electron chi connectivity index (χ1n) is 9.87. The molecule has 2 fully saturated rings. The Hall–Kier alpha value is -3.17. The molecule has 0 unspecified atom stereocenters. The highest BCUT2D eigenvalue weighted by atomic mass is 16.3. The van der Waals surface area contributed by atoms with Crippen molar-refractivity contribution in [3.8, 4) is 17.2 Å². The van der Waals surface area contributed by atoms with Gasteiger partial charge in [0, 0.05) is 18.9 Å². The first kappa shape index (κ1) is 19.2. The van der Waals surface area contributed by atoms with Crippen LogP contribution >= 0.6 is 0 Å². The van der Waals surface area contributed by atoms with Gasteiger partial charge < -0.3 is 14.9 Å². The number of hydrogen-bond acceptors (Lipinski definition) is 4. The number of rotatable bonds is 4. The molecule has 0 bridgehead atoms. The van der Waals surface area contributed by atoms with Gasteiger partial charge >= 0.3 is 0 Å². The molecule has 148 valence electrons. The fourth-order valence-corrected chi connectivity index (χ4v) is 4.55. The maximum Gasteiger partial charge on any atom is 0.242 e. The molecule has 6 nitrogen and oxygen atoms in total. The summed E-state index contributed by atoms with van der Waals surface area (Å²) in [4.78, 5) is 28.0. The third-order valence-electron chi connectivity index (χ3n) is 6.05. The number of carbonyl (C=O) groups excluding carboxylic acids is 2. The largest absolute Gasteiger partial charge is 0.394 e. The molecule has 2 heterocycles. The summed E-state index contributed by atoms with van der Waals surface area (Å²) < 4.78 is 0. The molecule has 4 rings (SSSR count). The number of nitrogens with zero attached hydrogens (tertiary/aromatic N) is 3. The summed E-state index contributed by atoms with van der Waals surface area (Å²) in [6.07, 6.45) is 0.382. The summed E-state index contributed by atoms with van der Waals surface area (Å²) in [7, 11) is 0. The number of fused-ring (bicyclic) bond motifs is 1. The highest BCUT2D eigenvalue weighted by Gasteiger charge is 2.54. The van der Waals surface area contributed by atoms with Crippen LogP contribution in [0.3, 0.4) is 0 Å². The number of piperazine rings is 1. The summed E-state index contributed by atoms with van der Waals surface area (Å²) in [6.45, 7) is 2.32. The SMILES string of the molecule is CCC(=O)N1CC(=O)N2[C@@H](CO)[C@@H](c3ccc(-c4ccc(C#N)cc4)cc3)[C@@H]2C1. The Morgan fingerprint density at radius 1 is 1.14 bits per heavy atom. The van der Waals surface area contributed by atoms with Crippen molar-refractivity contribution in [2.45, 2.75) is 31.3 Å². The number of benzene rings is 2. The lowest BCUT2D eigenvalue weighted by Gasteiger charge is -2.58. The van der Waals surface area contributed by atoms with Crippen molar-refractivity contribution in [3.05, 3.63) is 59.7 Å². The van der Waals surface area contributed by atoms with Gasteiger partial charge in [0.15, 0.2) is 0 Å². The Morgan fingerprint density at radius 2 is 1.76 bits per heavy atom. The number of nitriles is 1. The molecule has 1 N–H and O–H groups in total. The second-order valence-electron chi connectivity index (χ2n) is 7.58. The van der Waals surface area contributed by atoms with Crippen molar-refractivity contribution in [3.63, 3.8) is 0 Å². The predicted octanol–water partition coefficient (Wildman–Crippen LogP) is 2.13. The highest BCUT2D eigenvalue weighted by Crippen LogP contribution is 2.43. The smallest absolute Gasteiger partial charge is 0.242 e. The molecule has 2 amide bonds. The molecule has 2 aliphatic heterocycles. The van der Waals surface area contributed by atoms with E-state index in [1.54, 1.807) is 28.9 Å². The minimum Gasteiger partial charge on any atom is -0.394 e. The molecule has 0 radical (unpaired) electrons. The van der Waals surface area contributed by atoms with Crippen molar-refractivity contribution < 1.29 is 14.7 Å². The van der Waals surface area contributed by atoms with Crippen LogP contribution in [0.5, 0.6) is 0 Å². The molecule has 3 atom stereocenters. The van der Waals surface area contributed by atoms with Crippen molar-refractivity contribution in [1.82, 2.24) is 9.80 Å². The Balaban J connectivity index is 1.57. The molecule has 0 spiro atoms. The standard InChI is InChI=1S/C23H23N3O3/c1-2-21(28)25-12-19-23(20(14-27)26(19)22(29)13-25)18-9-7-17(8-10-18)16-5-3-15(11-24)4-6-16/h3-10,19-20,23,27H,2,12-14H2,1H3/t19-,20-,23-/m0/s1. The fourth-order valence-electron chi connectivity index (χ4n) is 4.55. The average molecular weight is 389 g/mol. The number of aliphatic hydroxyl groups excluding tert-OH is 1. The zero-order valence-electron chi connectivity index (χ0n) is 16.3. The zero-order valence-corrected chi connectivity index (χ0v) is 16.3. The van der Waals surface area contributed by atoms with Crippen molar-refractivity contribution in [2.24, 2.45) is 0 Å². The number of carbonyl (C=O) groups is 2. The van der Waals surface area contributed by atoms with Crippen LogP contribution in [-0.2, 0) is 9.59 Å².